The van der Waals surface area contributed by atoms with E-state index >= 15 is 0 Å². The Labute approximate surface area is 115 Å². The van der Waals surface area contributed by atoms with Crippen molar-refractivity contribution in [2.45, 2.75) is 56.4 Å². The van der Waals surface area contributed by atoms with Gasteiger partial charge in [0.2, 0.25) is 0 Å². The van der Waals surface area contributed by atoms with Crippen molar-refractivity contribution in [3.63, 3.8) is 0 Å². The Balaban J connectivity index is 2.00. The monoisotopic (exact) mass is 261 g/mol. The molecule has 2 aliphatic rings. The zero-order chi connectivity index (χ0) is 12.8. The molecule has 1 fully saturated rings. The van der Waals surface area contributed by atoms with Gasteiger partial charge in [0.1, 0.15) is 0 Å². The molecule has 0 spiro atoms. The van der Waals surface area contributed by atoms with Crippen molar-refractivity contribution >= 4 is 11.8 Å². The van der Waals surface area contributed by atoms with Crippen LogP contribution in [0.3, 0.4) is 0 Å². The average molecular weight is 261 g/mol. The van der Waals surface area contributed by atoms with E-state index in [0.717, 1.165) is 5.25 Å². The minimum absolute atomic E-state index is 0.325. The van der Waals surface area contributed by atoms with E-state index in [4.69, 9.17) is 0 Å². The van der Waals surface area contributed by atoms with E-state index in [1.807, 2.05) is 0 Å². The highest BCUT2D eigenvalue weighted by Gasteiger charge is 2.41. The van der Waals surface area contributed by atoms with E-state index in [9.17, 15) is 0 Å². The first-order valence-corrected chi connectivity index (χ1v) is 8.14. The van der Waals surface area contributed by atoms with Crippen LogP contribution in [0.15, 0.2) is 24.3 Å². The predicted octanol–water partition coefficient (Wildman–Crippen LogP) is 3.89. The van der Waals surface area contributed by atoms with Gasteiger partial charge in [-0.3, -0.25) is 0 Å². The van der Waals surface area contributed by atoms with Gasteiger partial charge in [-0.25, -0.2) is 0 Å². The van der Waals surface area contributed by atoms with Crippen LogP contribution in [0.1, 0.15) is 50.8 Å². The Morgan fingerprint density at radius 3 is 2.89 bits per heavy atom. The van der Waals surface area contributed by atoms with Crippen LogP contribution >= 0.6 is 11.8 Å². The standard InChI is InChI=1S/C16H23NS/c1-4-11-10-18-14-9-16(2,3)13-8-6-5-7-12(13)15(14)17-11/h5-8,11,14-15,17H,4,9-10H2,1-3H3. The van der Waals surface area contributed by atoms with Gasteiger partial charge in [-0.1, -0.05) is 45.0 Å². The number of hydrogen-bond acceptors (Lipinski definition) is 2. The lowest BCUT2D eigenvalue weighted by Gasteiger charge is -2.46. The summed E-state index contributed by atoms with van der Waals surface area (Å²) >= 11 is 2.18. The third kappa shape index (κ3) is 2.00. The van der Waals surface area contributed by atoms with Crippen molar-refractivity contribution in [1.29, 1.82) is 0 Å². The lowest BCUT2D eigenvalue weighted by atomic mass is 9.70. The topological polar surface area (TPSA) is 12.0 Å². The Bertz CT molecular complexity index is 440. The highest BCUT2D eigenvalue weighted by molar-refractivity contribution is 8.00. The summed E-state index contributed by atoms with van der Waals surface area (Å²) in [7, 11) is 0. The Hall–Kier alpha value is -0.470. The molecule has 0 radical (unpaired) electrons. The minimum Gasteiger partial charge on any atom is -0.305 e. The fraction of sp³-hybridized carbons (Fsp3) is 0.625. The van der Waals surface area contributed by atoms with Gasteiger partial charge >= 0.3 is 0 Å². The Morgan fingerprint density at radius 2 is 2.11 bits per heavy atom. The SMILES string of the molecule is CCC1CSC2CC(C)(C)c3ccccc3C2N1. The van der Waals surface area contributed by atoms with E-state index in [1.54, 1.807) is 11.1 Å². The van der Waals surface area contributed by atoms with E-state index in [0.29, 0.717) is 17.5 Å². The molecular weight excluding hydrogens is 238 g/mol. The number of fused-ring (bicyclic) bond motifs is 3. The van der Waals surface area contributed by atoms with Crippen molar-refractivity contribution < 1.29 is 0 Å². The van der Waals surface area contributed by atoms with Crippen LogP contribution in [0.25, 0.3) is 0 Å². The fourth-order valence-corrected chi connectivity index (χ4v) is 5.21. The molecule has 1 aliphatic carbocycles. The maximum atomic E-state index is 3.88. The number of hydrogen-bond donors (Lipinski definition) is 1. The van der Waals surface area contributed by atoms with Crippen LogP contribution in [0.2, 0.25) is 0 Å². The summed E-state index contributed by atoms with van der Waals surface area (Å²) in [5, 5.41) is 4.63. The number of rotatable bonds is 1. The summed E-state index contributed by atoms with van der Waals surface area (Å²) in [6.45, 7) is 7.08. The van der Waals surface area contributed by atoms with Gasteiger partial charge in [-0.05, 0) is 29.4 Å². The molecule has 0 bridgehead atoms. The van der Waals surface area contributed by atoms with Crippen molar-refractivity contribution in [3.05, 3.63) is 35.4 Å². The second-order valence-corrected chi connectivity index (χ2v) is 7.57. The van der Waals surface area contributed by atoms with E-state index in [-0.39, 0.29) is 0 Å². The number of benzene rings is 1. The normalized spacial score (nSPS) is 33.6. The summed E-state index contributed by atoms with van der Waals surface area (Å²) in [6.07, 6.45) is 2.53. The van der Waals surface area contributed by atoms with E-state index < -0.39 is 0 Å². The van der Waals surface area contributed by atoms with Crippen molar-refractivity contribution in [1.82, 2.24) is 5.32 Å². The second kappa shape index (κ2) is 4.57. The average Bonchev–Trinajstić information content (AvgIpc) is 2.38. The maximum absolute atomic E-state index is 3.88. The molecule has 2 heteroatoms. The quantitative estimate of drug-likeness (QED) is 0.823. The first-order valence-electron chi connectivity index (χ1n) is 7.09. The van der Waals surface area contributed by atoms with Gasteiger partial charge < -0.3 is 5.32 Å². The molecule has 0 amide bonds. The van der Waals surface area contributed by atoms with Crippen molar-refractivity contribution in [2.75, 3.05) is 5.75 Å². The molecule has 1 nitrogen and oxygen atoms in total. The van der Waals surface area contributed by atoms with Crippen molar-refractivity contribution in [2.24, 2.45) is 0 Å². The van der Waals surface area contributed by atoms with Gasteiger partial charge in [0.15, 0.2) is 0 Å². The molecule has 18 heavy (non-hydrogen) atoms. The first kappa shape index (κ1) is 12.6. The van der Waals surface area contributed by atoms with Gasteiger partial charge in [0.05, 0.1) is 0 Å². The van der Waals surface area contributed by atoms with Gasteiger partial charge in [-0.2, -0.15) is 11.8 Å². The molecule has 1 aliphatic heterocycles. The smallest absolute Gasteiger partial charge is 0.0446 e. The molecule has 1 heterocycles. The van der Waals surface area contributed by atoms with Crippen LogP contribution in [0.5, 0.6) is 0 Å². The molecule has 0 saturated carbocycles. The van der Waals surface area contributed by atoms with Gasteiger partial charge in [-0.15, -0.1) is 0 Å². The molecule has 3 atom stereocenters. The molecule has 1 aromatic rings. The second-order valence-electron chi connectivity index (χ2n) is 6.30. The summed E-state index contributed by atoms with van der Waals surface area (Å²) in [6, 6.07) is 10.3. The zero-order valence-corrected chi connectivity index (χ0v) is 12.4. The van der Waals surface area contributed by atoms with Crippen molar-refractivity contribution in [3.8, 4) is 0 Å². The Morgan fingerprint density at radius 1 is 1.33 bits per heavy atom. The van der Waals surface area contributed by atoms with Crippen LogP contribution in [-0.2, 0) is 5.41 Å². The van der Waals surface area contributed by atoms with Gasteiger partial charge in [0, 0.05) is 23.1 Å². The lowest BCUT2D eigenvalue weighted by Crippen LogP contribution is -2.49. The first-order chi connectivity index (χ1) is 8.62. The lowest BCUT2D eigenvalue weighted by molar-refractivity contribution is 0.335. The Kier molecular flexibility index (Phi) is 3.19. The van der Waals surface area contributed by atoms with Crippen LogP contribution < -0.4 is 5.32 Å². The maximum Gasteiger partial charge on any atom is 0.0446 e. The van der Waals surface area contributed by atoms with Crippen LogP contribution in [0.4, 0.5) is 0 Å². The zero-order valence-electron chi connectivity index (χ0n) is 11.6. The molecule has 3 unspecified atom stereocenters. The molecular formula is C16H23NS. The van der Waals surface area contributed by atoms with Gasteiger partial charge in [0.25, 0.3) is 0 Å². The largest absolute Gasteiger partial charge is 0.305 e. The molecule has 3 rings (SSSR count). The summed E-state index contributed by atoms with van der Waals surface area (Å²) in [5.74, 6) is 1.27. The highest BCUT2D eigenvalue weighted by Crippen LogP contribution is 2.47. The molecule has 1 aromatic carbocycles. The minimum atomic E-state index is 0.325. The molecule has 1 N–H and O–H groups in total. The number of nitrogens with one attached hydrogen (secondary N) is 1. The third-order valence-corrected chi connectivity index (χ3v) is 5.99. The predicted molar refractivity (Wildman–Crippen MR) is 80.3 cm³/mol. The third-order valence-electron chi connectivity index (χ3n) is 4.53. The molecule has 0 aromatic heterocycles. The van der Waals surface area contributed by atoms with Crippen LogP contribution in [0, 0.1) is 0 Å². The molecule has 98 valence electrons. The van der Waals surface area contributed by atoms with E-state index in [1.165, 1.54) is 18.6 Å². The molecule has 1 saturated heterocycles. The summed E-state index contributed by atoms with van der Waals surface area (Å²) < 4.78 is 0. The summed E-state index contributed by atoms with van der Waals surface area (Å²) in [5.41, 5.74) is 3.42. The highest BCUT2D eigenvalue weighted by atomic mass is 32.2. The van der Waals surface area contributed by atoms with Crippen LogP contribution in [-0.4, -0.2) is 17.0 Å². The number of thioether (sulfide) groups is 1. The van der Waals surface area contributed by atoms with E-state index in [2.05, 4.69) is 62.1 Å². The summed E-state index contributed by atoms with van der Waals surface area (Å²) in [4.78, 5) is 0. The fourth-order valence-electron chi connectivity index (χ4n) is 3.45.